The van der Waals surface area contributed by atoms with Crippen molar-refractivity contribution in [2.75, 3.05) is 19.7 Å². The van der Waals surface area contributed by atoms with Crippen molar-refractivity contribution in [1.29, 1.82) is 0 Å². The van der Waals surface area contributed by atoms with E-state index in [0.717, 1.165) is 12.8 Å². The molecule has 0 spiro atoms. The number of nitrogens with one attached hydrogen (secondary N) is 2. The molecule has 1 amide bonds. The Morgan fingerprint density at radius 2 is 2.38 bits per heavy atom. The molecule has 1 aliphatic heterocycles. The lowest BCUT2D eigenvalue weighted by Gasteiger charge is -2.15. The summed E-state index contributed by atoms with van der Waals surface area (Å²) in [6.45, 7) is 1.18. The third-order valence-electron chi connectivity index (χ3n) is 3.81. The van der Waals surface area contributed by atoms with Crippen molar-refractivity contribution < 1.29 is 14.3 Å². The van der Waals surface area contributed by atoms with Crippen molar-refractivity contribution in [2.24, 2.45) is 5.73 Å². The Balaban J connectivity index is 1.54. The maximum atomic E-state index is 11.7. The normalized spacial score (nSPS) is 20.4. The second kappa shape index (κ2) is 7.41. The highest BCUT2D eigenvalue weighted by atomic mass is 16.6. The summed E-state index contributed by atoms with van der Waals surface area (Å²) in [4.78, 5) is 33.9. The van der Waals surface area contributed by atoms with E-state index >= 15 is 0 Å². The van der Waals surface area contributed by atoms with Crippen LogP contribution >= 0.6 is 0 Å². The van der Waals surface area contributed by atoms with E-state index in [1.807, 2.05) is 0 Å². The molecule has 1 aliphatic rings. The van der Waals surface area contributed by atoms with Gasteiger partial charge in [0.15, 0.2) is 11.2 Å². The zero-order valence-electron chi connectivity index (χ0n) is 13.1. The van der Waals surface area contributed by atoms with Crippen LogP contribution in [-0.2, 0) is 9.47 Å². The van der Waals surface area contributed by atoms with Crippen LogP contribution in [0.4, 0.5) is 4.79 Å². The molecule has 2 aromatic rings. The molecule has 0 radical (unpaired) electrons. The molecule has 1 fully saturated rings. The predicted molar refractivity (Wildman–Crippen MR) is 84.3 cm³/mol. The lowest BCUT2D eigenvalue weighted by Crippen LogP contribution is -2.29. The molecule has 3 heterocycles. The van der Waals surface area contributed by atoms with Gasteiger partial charge in [-0.1, -0.05) is 0 Å². The predicted octanol–water partition coefficient (Wildman–Crippen LogP) is -0.128. The molecule has 4 N–H and O–H groups in total. The van der Waals surface area contributed by atoms with Crippen LogP contribution in [0.2, 0.25) is 0 Å². The standard InChI is InChI=1S/C14H20N6O4/c15-4-1-5-16-14(22)23-6-9-2-3-10(24-9)20-8-19-11-12(20)17-7-18-13(11)21/h7-10H,1-6,15H2,(H,16,22)(H,17,18,21)/t9-,10+/m0/s1. The van der Waals surface area contributed by atoms with Crippen LogP contribution in [0.15, 0.2) is 17.4 Å². The summed E-state index contributed by atoms with van der Waals surface area (Å²) in [5, 5.41) is 2.62. The van der Waals surface area contributed by atoms with Gasteiger partial charge in [-0.05, 0) is 25.8 Å². The van der Waals surface area contributed by atoms with Crippen molar-refractivity contribution in [3.63, 3.8) is 0 Å². The first kappa shape index (κ1) is 16.4. The van der Waals surface area contributed by atoms with Crippen molar-refractivity contribution in [1.82, 2.24) is 24.8 Å². The van der Waals surface area contributed by atoms with Gasteiger partial charge in [0, 0.05) is 6.54 Å². The molecule has 0 aromatic carbocycles. The van der Waals surface area contributed by atoms with Crippen LogP contribution in [0.1, 0.15) is 25.5 Å². The summed E-state index contributed by atoms with van der Waals surface area (Å²) >= 11 is 0. The van der Waals surface area contributed by atoms with Gasteiger partial charge in [0.25, 0.3) is 5.56 Å². The molecule has 2 aromatic heterocycles. The highest BCUT2D eigenvalue weighted by molar-refractivity contribution is 5.68. The fourth-order valence-corrected chi connectivity index (χ4v) is 2.60. The molecule has 130 valence electrons. The number of fused-ring (bicyclic) bond motifs is 1. The smallest absolute Gasteiger partial charge is 0.407 e. The third-order valence-corrected chi connectivity index (χ3v) is 3.81. The minimum atomic E-state index is -0.475. The van der Waals surface area contributed by atoms with Crippen LogP contribution in [-0.4, -0.2) is 51.4 Å². The quantitative estimate of drug-likeness (QED) is 0.625. The average molecular weight is 336 g/mol. The fourth-order valence-electron chi connectivity index (χ4n) is 2.60. The van der Waals surface area contributed by atoms with Crippen molar-refractivity contribution in [3.8, 4) is 0 Å². The number of aromatic nitrogens is 4. The lowest BCUT2D eigenvalue weighted by molar-refractivity contribution is -0.0246. The number of rotatable bonds is 6. The summed E-state index contributed by atoms with van der Waals surface area (Å²) in [7, 11) is 0. The fraction of sp³-hybridized carbons (Fsp3) is 0.571. The molecule has 2 atom stereocenters. The zero-order valence-corrected chi connectivity index (χ0v) is 13.1. The topological polar surface area (TPSA) is 137 Å². The second-order valence-electron chi connectivity index (χ2n) is 5.51. The summed E-state index contributed by atoms with van der Waals surface area (Å²) < 4.78 is 12.7. The van der Waals surface area contributed by atoms with E-state index in [1.54, 1.807) is 10.9 Å². The monoisotopic (exact) mass is 336 g/mol. The molecule has 1 saturated heterocycles. The first-order valence-electron chi connectivity index (χ1n) is 7.85. The Bertz CT molecular complexity index is 757. The van der Waals surface area contributed by atoms with Crippen LogP contribution in [0.3, 0.4) is 0 Å². The molecule has 24 heavy (non-hydrogen) atoms. The number of aromatic amines is 1. The van der Waals surface area contributed by atoms with Gasteiger partial charge >= 0.3 is 6.09 Å². The largest absolute Gasteiger partial charge is 0.447 e. The highest BCUT2D eigenvalue weighted by Crippen LogP contribution is 2.29. The number of hydrogen-bond donors (Lipinski definition) is 3. The number of imidazole rings is 1. The highest BCUT2D eigenvalue weighted by Gasteiger charge is 2.29. The van der Waals surface area contributed by atoms with Crippen LogP contribution in [0.25, 0.3) is 11.2 Å². The van der Waals surface area contributed by atoms with Gasteiger partial charge in [-0.25, -0.2) is 14.8 Å². The lowest BCUT2D eigenvalue weighted by atomic mass is 10.2. The van der Waals surface area contributed by atoms with Crippen LogP contribution < -0.4 is 16.6 Å². The van der Waals surface area contributed by atoms with Gasteiger partial charge in [-0.15, -0.1) is 0 Å². The number of hydrogen-bond acceptors (Lipinski definition) is 7. The van der Waals surface area contributed by atoms with Gasteiger partial charge < -0.3 is 25.5 Å². The molecule has 10 heteroatoms. The van der Waals surface area contributed by atoms with Crippen molar-refractivity contribution in [2.45, 2.75) is 31.6 Å². The van der Waals surface area contributed by atoms with Crippen LogP contribution in [0.5, 0.6) is 0 Å². The number of ether oxygens (including phenoxy) is 2. The molecular formula is C14H20N6O4. The Labute approximate surface area is 137 Å². The number of carbonyl (C=O) groups is 1. The average Bonchev–Trinajstić information content (AvgIpc) is 3.20. The van der Waals surface area contributed by atoms with E-state index < -0.39 is 6.09 Å². The Morgan fingerprint density at radius 3 is 3.21 bits per heavy atom. The Kier molecular flexibility index (Phi) is 5.06. The zero-order chi connectivity index (χ0) is 16.9. The van der Waals surface area contributed by atoms with E-state index in [-0.39, 0.29) is 30.0 Å². The minimum Gasteiger partial charge on any atom is -0.447 e. The van der Waals surface area contributed by atoms with Crippen LogP contribution in [0, 0.1) is 0 Å². The third kappa shape index (κ3) is 3.54. The minimum absolute atomic E-state index is 0.172. The molecule has 0 unspecified atom stereocenters. The SMILES string of the molecule is NCCCNC(=O)OC[C@@H]1CC[C@H](n2cnc3c(=O)[nH]cnc32)O1. The van der Waals surface area contributed by atoms with E-state index in [4.69, 9.17) is 15.2 Å². The number of carbonyl (C=O) groups excluding carboxylic acids is 1. The van der Waals surface area contributed by atoms with Gasteiger partial charge in [0.2, 0.25) is 0 Å². The Hall–Kier alpha value is -2.46. The summed E-state index contributed by atoms with van der Waals surface area (Å²) in [5.74, 6) is 0. The van der Waals surface area contributed by atoms with Gasteiger partial charge in [-0.2, -0.15) is 0 Å². The molecule has 0 aliphatic carbocycles. The first-order chi connectivity index (χ1) is 11.7. The first-order valence-corrected chi connectivity index (χ1v) is 7.85. The molecule has 10 nitrogen and oxygen atoms in total. The van der Waals surface area contributed by atoms with E-state index in [1.165, 1.54) is 6.33 Å². The van der Waals surface area contributed by atoms with Gasteiger partial charge in [0.05, 0.1) is 18.8 Å². The number of amides is 1. The molecule has 0 saturated carbocycles. The van der Waals surface area contributed by atoms with E-state index in [0.29, 0.717) is 25.2 Å². The second-order valence-corrected chi connectivity index (χ2v) is 5.51. The number of nitrogens with two attached hydrogens (primary N) is 1. The van der Waals surface area contributed by atoms with E-state index in [9.17, 15) is 9.59 Å². The van der Waals surface area contributed by atoms with Crippen molar-refractivity contribution in [3.05, 3.63) is 23.0 Å². The van der Waals surface area contributed by atoms with Crippen molar-refractivity contribution >= 4 is 17.3 Å². The maximum absolute atomic E-state index is 11.7. The molecular weight excluding hydrogens is 316 g/mol. The number of H-pyrrole nitrogens is 1. The summed E-state index contributed by atoms with van der Waals surface area (Å²) in [5.41, 5.74) is 5.82. The maximum Gasteiger partial charge on any atom is 0.407 e. The van der Waals surface area contributed by atoms with Gasteiger partial charge in [0.1, 0.15) is 12.8 Å². The molecule has 3 rings (SSSR count). The number of nitrogens with zero attached hydrogens (tertiary/aromatic N) is 3. The Morgan fingerprint density at radius 1 is 1.50 bits per heavy atom. The molecule has 0 bridgehead atoms. The summed E-state index contributed by atoms with van der Waals surface area (Å²) in [6.07, 6.45) is 4.10. The summed E-state index contributed by atoms with van der Waals surface area (Å²) in [6, 6.07) is 0. The van der Waals surface area contributed by atoms with Gasteiger partial charge in [-0.3, -0.25) is 9.36 Å². The van der Waals surface area contributed by atoms with E-state index in [2.05, 4.69) is 20.3 Å². The number of alkyl carbamates (subject to hydrolysis) is 1.